The number of nitriles is 1. The molecule has 0 saturated heterocycles. The first-order valence-corrected chi connectivity index (χ1v) is 12.6. The van der Waals surface area contributed by atoms with Crippen LogP contribution in [-0.4, -0.2) is 44.1 Å². The summed E-state index contributed by atoms with van der Waals surface area (Å²) in [7, 11) is 0. The maximum Gasteiger partial charge on any atom is 0.241 e. The largest absolute Gasteiger partial charge is 0.364 e. The van der Waals surface area contributed by atoms with Gasteiger partial charge in [0.05, 0.1) is 36.1 Å². The number of nitrogens with one attached hydrogen (secondary N) is 2. The Labute approximate surface area is 220 Å². The molecule has 0 bridgehead atoms. The van der Waals surface area contributed by atoms with E-state index < -0.39 is 6.04 Å². The van der Waals surface area contributed by atoms with E-state index in [1.54, 1.807) is 28.8 Å². The predicted molar refractivity (Wildman–Crippen MR) is 143 cm³/mol. The lowest BCUT2D eigenvalue weighted by Crippen LogP contribution is -2.35. The summed E-state index contributed by atoms with van der Waals surface area (Å²) in [6, 6.07) is 15.7. The van der Waals surface area contributed by atoms with Crippen LogP contribution in [0.15, 0.2) is 53.2 Å². The molecule has 1 atom stereocenters. The van der Waals surface area contributed by atoms with Crippen molar-refractivity contribution in [2.75, 3.05) is 17.2 Å². The Hall–Kier alpha value is -4.56. The van der Waals surface area contributed by atoms with Gasteiger partial charge in [0.1, 0.15) is 0 Å². The number of para-hydroxylation sites is 2. The van der Waals surface area contributed by atoms with Gasteiger partial charge in [0, 0.05) is 17.8 Å². The standard InChI is InChI=1S/C27H30N8O3/c1-2-3-4-8-20(29)27(37)31-19-13-11-18(12-14-19)23(36)17-35-22-10-6-5-9-21(22)32-26(35)24-25(34-38-33-24)30-16-7-15-28/h5-6,9-14,20H,2-4,7-8,16-17,29H2,1H3,(H,30,34)(H,31,37)/t20-/m0/s1. The second-order valence-corrected chi connectivity index (χ2v) is 8.90. The Bertz CT molecular complexity index is 1430. The second-order valence-electron chi connectivity index (χ2n) is 8.90. The molecule has 2 heterocycles. The zero-order chi connectivity index (χ0) is 26.9. The van der Waals surface area contributed by atoms with Crippen LogP contribution >= 0.6 is 0 Å². The first-order valence-electron chi connectivity index (χ1n) is 12.6. The summed E-state index contributed by atoms with van der Waals surface area (Å²) in [6.45, 7) is 2.46. The molecule has 1 amide bonds. The lowest BCUT2D eigenvalue weighted by Gasteiger charge is -2.12. The van der Waals surface area contributed by atoms with Gasteiger partial charge in [-0.1, -0.05) is 38.3 Å². The molecular formula is C27H30N8O3. The number of rotatable bonds is 13. The van der Waals surface area contributed by atoms with Crippen molar-refractivity contribution in [2.24, 2.45) is 5.73 Å². The molecule has 0 aliphatic rings. The molecule has 196 valence electrons. The Balaban J connectivity index is 1.51. The molecule has 0 spiro atoms. The quantitative estimate of drug-likeness (QED) is 0.176. The summed E-state index contributed by atoms with van der Waals surface area (Å²) in [5.41, 5.74) is 8.84. The van der Waals surface area contributed by atoms with Crippen LogP contribution in [0, 0.1) is 11.3 Å². The minimum atomic E-state index is -0.568. The van der Waals surface area contributed by atoms with Crippen LogP contribution in [0.3, 0.4) is 0 Å². The van der Waals surface area contributed by atoms with Gasteiger partial charge in [-0.15, -0.1) is 0 Å². The van der Waals surface area contributed by atoms with Crippen LogP contribution in [-0.2, 0) is 11.3 Å². The normalized spacial score (nSPS) is 11.7. The van der Waals surface area contributed by atoms with Crippen molar-refractivity contribution < 1.29 is 14.2 Å². The maximum absolute atomic E-state index is 13.3. The summed E-state index contributed by atoms with van der Waals surface area (Å²) >= 11 is 0. The molecule has 4 N–H and O–H groups in total. The third-order valence-electron chi connectivity index (χ3n) is 6.12. The molecule has 0 unspecified atom stereocenters. The van der Waals surface area contributed by atoms with Gasteiger partial charge in [-0.05, 0) is 53.1 Å². The van der Waals surface area contributed by atoms with Gasteiger partial charge < -0.3 is 20.9 Å². The number of hydrogen-bond donors (Lipinski definition) is 3. The number of Topliss-reactive ketones (excluding diaryl/α,β-unsaturated/α-hetero) is 1. The highest BCUT2D eigenvalue weighted by atomic mass is 16.6. The summed E-state index contributed by atoms with van der Waals surface area (Å²) in [5.74, 6) is 0.368. The van der Waals surface area contributed by atoms with Crippen molar-refractivity contribution in [1.82, 2.24) is 19.9 Å². The van der Waals surface area contributed by atoms with E-state index in [1.807, 2.05) is 24.3 Å². The number of carbonyl (C=O) groups is 2. The van der Waals surface area contributed by atoms with E-state index in [1.165, 1.54) is 0 Å². The van der Waals surface area contributed by atoms with E-state index in [0.717, 1.165) is 24.8 Å². The molecular weight excluding hydrogens is 484 g/mol. The summed E-state index contributed by atoms with van der Waals surface area (Å²) < 4.78 is 6.69. The average Bonchev–Trinajstić information content (AvgIpc) is 3.53. The number of hydrogen-bond acceptors (Lipinski definition) is 9. The molecule has 0 aliphatic carbocycles. The first kappa shape index (κ1) is 26.5. The Morgan fingerprint density at radius 3 is 2.68 bits per heavy atom. The molecule has 0 fully saturated rings. The van der Waals surface area contributed by atoms with Crippen LogP contribution in [0.2, 0.25) is 0 Å². The van der Waals surface area contributed by atoms with E-state index in [9.17, 15) is 9.59 Å². The van der Waals surface area contributed by atoms with Crippen molar-refractivity contribution in [3.8, 4) is 17.6 Å². The van der Waals surface area contributed by atoms with Gasteiger partial charge in [-0.25, -0.2) is 9.61 Å². The van der Waals surface area contributed by atoms with Crippen molar-refractivity contribution in [3.63, 3.8) is 0 Å². The minimum Gasteiger partial charge on any atom is -0.364 e. The van der Waals surface area contributed by atoms with Crippen molar-refractivity contribution >= 4 is 34.2 Å². The molecule has 11 nitrogen and oxygen atoms in total. The monoisotopic (exact) mass is 514 g/mol. The SMILES string of the molecule is CCCCC[C@H](N)C(=O)Nc1ccc(C(=O)Cn2c(-c3nonc3NCCC#N)nc3ccccc32)cc1. The molecule has 2 aromatic carbocycles. The summed E-state index contributed by atoms with van der Waals surface area (Å²) in [4.78, 5) is 30.3. The van der Waals surface area contributed by atoms with Gasteiger partial charge >= 0.3 is 0 Å². The number of anilines is 2. The number of nitrogens with zero attached hydrogens (tertiary/aromatic N) is 5. The number of benzene rings is 2. The van der Waals surface area contributed by atoms with Crippen LogP contribution in [0.1, 0.15) is 49.4 Å². The molecule has 0 aliphatic heterocycles. The number of carbonyl (C=O) groups excluding carboxylic acids is 2. The smallest absolute Gasteiger partial charge is 0.241 e. The average molecular weight is 515 g/mol. The molecule has 4 aromatic rings. The van der Waals surface area contributed by atoms with E-state index in [2.05, 4.69) is 38.9 Å². The maximum atomic E-state index is 13.3. The Kier molecular flexibility index (Phi) is 8.79. The van der Waals surface area contributed by atoms with E-state index in [0.29, 0.717) is 47.1 Å². The number of aromatic nitrogens is 4. The first-order chi connectivity index (χ1) is 18.5. The van der Waals surface area contributed by atoms with Crippen molar-refractivity contribution in [1.29, 1.82) is 5.26 Å². The van der Waals surface area contributed by atoms with Gasteiger partial charge in [0.25, 0.3) is 0 Å². The van der Waals surface area contributed by atoms with Crippen LogP contribution in [0.25, 0.3) is 22.6 Å². The highest BCUT2D eigenvalue weighted by Crippen LogP contribution is 2.28. The number of fused-ring (bicyclic) bond motifs is 1. The third kappa shape index (κ3) is 6.22. The minimum absolute atomic E-state index is 0.00560. The molecule has 38 heavy (non-hydrogen) atoms. The molecule has 0 radical (unpaired) electrons. The molecule has 11 heteroatoms. The van der Waals surface area contributed by atoms with Gasteiger partial charge in [-0.3, -0.25) is 9.59 Å². The lowest BCUT2D eigenvalue weighted by atomic mass is 10.1. The third-order valence-corrected chi connectivity index (χ3v) is 6.12. The highest BCUT2D eigenvalue weighted by Gasteiger charge is 2.22. The summed E-state index contributed by atoms with van der Waals surface area (Å²) in [5, 5.41) is 22.6. The van der Waals surface area contributed by atoms with Crippen LogP contribution in [0.4, 0.5) is 11.5 Å². The fourth-order valence-corrected chi connectivity index (χ4v) is 4.06. The van der Waals surface area contributed by atoms with Crippen molar-refractivity contribution in [3.05, 3.63) is 54.1 Å². The Morgan fingerprint density at radius 1 is 1.13 bits per heavy atom. The van der Waals surface area contributed by atoms with Crippen LogP contribution in [0.5, 0.6) is 0 Å². The van der Waals surface area contributed by atoms with E-state index in [4.69, 9.17) is 15.6 Å². The van der Waals surface area contributed by atoms with Gasteiger partial charge in [0.15, 0.2) is 17.3 Å². The lowest BCUT2D eigenvalue weighted by molar-refractivity contribution is -0.117. The second kappa shape index (κ2) is 12.6. The zero-order valence-electron chi connectivity index (χ0n) is 21.2. The van der Waals surface area contributed by atoms with Crippen molar-refractivity contribution in [2.45, 2.75) is 51.6 Å². The number of ketones is 1. The topological polar surface area (TPSA) is 165 Å². The van der Waals surface area contributed by atoms with E-state index >= 15 is 0 Å². The number of imidazole rings is 1. The number of unbranched alkanes of at least 4 members (excludes halogenated alkanes) is 2. The molecule has 0 saturated carbocycles. The fourth-order valence-electron chi connectivity index (χ4n) is 4.06. The number of amides is 1. The summed E-state index contributed by atoms with van der Waals surface area (Å²) in [6.07, 6.45) is 3.93. The van der Waals surface area contributed by atoms with Gasteiger partial charge in [0.2, 0.25) is 11.7 Å². The van der Waals surface area contributed by atoms with E-state index in [-0.39, 0.29) is 24.7 Å². The molecule has 2 aromatic heterocycles. The zero-order valence-corrected chi connectivity index (χ0v) is 21.2. The Morgan fingerprint density at radius 2 is 1.92 bits per heavy atom. The molecule has 4 rings (SSSR count). The van der Waals surface area contributed by atoms with Gasteiger partial charge in [-0.2, -0.15) is 5.26 Å². The predicted octanol–water partition coefficient (Wildman–Crippen LogP) is 4.14. The number of nitrogens with two attached hydrogens (primary N) is 1. The van der Waals surface area contributed by atoms with Crippen LogP contribution < -0.4 is 16.4 Å². The highest BCUT2D eigenvalue weighted by molar-refractivity contribution is 5.99. The fraction of sp³-hybridized carbons (Fsp3) is 0.333.